The molecule has 4 fully saturated rings. The van der Waals surface area contributed by atoms with E-state index in [0.717, 1.165) is 91.0 Å². The van der Waals surface area contributed by atoms with Crippen LogP contribution in [-0.2, 0) is 35.5 Å². The number of rotatable bonds is 15. The Morgan fingerprint density at radius 2 is 1.11 bits per heavy atom. The van der Waals surface area contributed by atoms with Crippen molar-refractivity contribution in [2.45, 2.75) is 102 Å². The number of nitriles is 4. The fourth-order valence-electron chi connectivity index (χ4n) is 14.4. The summed E-state index contributed by atoms with van der Waals surface area (Å²) >= 11 is 0. The van der Waals surface area contributed by atoms with Crippen LogP contribution in [0.1, 0.15) is 77.2 Å². The van der Waals surface area contributed by atoms with Crippen LogP contribution in [0.4, 0.5) is 23.0 Å². The number of carbonyl (C=O) groups is 2. The van der Waals surface area contributed by atoms with Gasteiger partial charge in [-0.05, 0) is 112 Å². The van der Waals surface area contributed by atoms with Gasteiger partial charge in [-0.1, -0.05) is 54.6 Å². The third-order valence-electron chi connectivity index (χ3n) is 19.0. The molecule has 6 aliphatic heterocycles. The minimum atomic E-state index is -0.400. The number of allylic oxidation sites excluding steroid dienone is 2. The first-order valence-electron chi connectivity index (χ1n) is 30.8. The van der Waals surface area contributed by atoms with Crippen molar-refractivity contribution in [3.8, 4) is 36.3 Å². The number of ether oxygens (including phenoxy) is 2. The maximum Gasteiger partial charge on any atom is 0.318 e. The maximum atomic E-state index is 13.3. The monoisotopic (exact) mass is 1180 g/mol. The van der Waals surface area contributed by atoms with Gasteiger partial charge in [-0.15, -0.1) is 0 Å². The Kier molecular flexibility index (Phi) is 17.4. The van der Waals surface area contributed by atoms with Crippen LogP contribution in [0.15, 0.2) is 91.0 Å². The Bertz CT molecular complexity index is 3890. The van der Waals surface area contributed by atoms with E-state index in [0.29, 0.717) is 90.4 Å². The van der Waals surface area contributed by atoms with Crippen LogP contribution < -0.4 is 29.1 Å². The molecule has 2 amide bonds. The summed E-state index contributed by atoms with van der Waals surface area (Å²) in [6, 6.07) is 32.8. The topological polar surface area (TPSA) is 225 Å². The molecule has 0 saturated carbocycles. The average Bonchev–Trinajstić information content (AvgIpc) is 2.13. The molecule has 2 aromatic heterocycles. The quantitative estimate of drug-likeness (QED) is 0.0710. The molecule has 0 bridgehead atoms. The molecule has 6 aromatic rings. The molecular weight excluding hydrogens is 1100 g/mol. The zero-order valence-corrected chi connectivity index (χ0v) is 50.7. The highest BCUT2D eigenvalue weighted by molar-refractivity contribution is 5.98. The molecule has 88 heavy (non-hydrogen) atoms. The summed E-state index contributed by atoms with van der Waals surface area (Å²) in [6.07, 6.45) is 9.59. The zero-order valence-electron chi connectivity index (χ0n) is 50.7. The first-order chi connectivity index (χ1) is 42.9. The first-order valence-corrected chi connectivity index (χ1v) is 30.8. The predicted molar refractivity (Wildman–Crippen MR) is 337 cm³/mol. The summed E-state index contributed by atoms with van der Waals surface area (Å²) in [5, 5.41) is 43.0. The molecule has 4 saturated heterocycles. The minimum absolute atomic E-state index is 0.0529. The van der Waals surface area contributed by atoms with Crippen molar-refractivity contribution >= 4 is 56.4 Å². The number of amides is 2. The van der Waals surface area contributed by atoms with Gasteiger partial charge in [0.05, 0.1) is 73.7 Å². The molecule has 0 aliphatic carbocycles. The summed E-state index contributed by atoms with van der Waals surface area (Å²) in [7, 11) is 4.30. The molecule has 1 unspecified atom stereocenters. The van der Waals surface area contributed by atoms with E-state index in [2.05, 4.69) is 136 Å². The number of fused-ring (bicyclic) bond motifs is 4. The van der Waals surface area contributed by atoms with E-state index in [1.54, 1.807) is 9.80 Å². The third-order valence-corrected chi connectivity index (χ3v) is 19.0. The van der Waals surface area contributed by atoms with Gasteiger partial charge >= 0.3 is 12.0 Å². The van der Waals surface area contributed by atoms with Crippen molar-refractivity contribution in [1.29, 1.82) is 21.0 Å². The van der Waals surface area contributed by atoms with Crippen molar-refractivity contribution in [1.82, 2.24) is 39.5 Å². The molecule has 0 radical (unpaired) electrons. The summed E-state index contributed by atoms with van der Waals surface area (Å²) in [5.74, 6) is 1.20. The van der Waals surface area contributed by atoms with Gasteiger partial charge in [0.1, 0.15) is 24.8 Å². The Hall–Kier alpha value is -9.34. The van der Waals surface area contributed by atoms with Crippen LogP contribution in [0.5, 0.6) is 12.0 Å². The molecule has 5 atom stereocenters. The van der Waals surface area contributed by atoms with Gasteiger partial charge in [0, 0.05) is 129 Å². The number of hydrogen-bond donors (Lipinski definition) is 0. The normalized spacial score (nSPS) is 21.6. The Morgan fingerprint density at radius 1 is 0.580 bits per heavy atom. The first kappa shape index (κ1) is 59.0. The lowest BCUT2D eigenvalue weighted by Gasteiger charge is -2.42. The third kappa shape index (κ3) is 12.1. The molecule has 4 aromatic carbocycles. The number of anilines is 4. The fraction of sp³-hybridized carbons (Fsp3) is 0.441. The highest BCUT2D eigenvalue weighted by Crippen LogP contribution is 2.42. The summed E-state index contributed by atoms with van der Waals surface area (Å²) in [4.78, 5) is 64.6. The molecule has 12 rings (SSSR count). The van der Waals surface area contributed by atoms with Gasteiger partial charge in [0.25, 0.3) is 0 Å². The summed E-state index contributed by atoms with van der Waals surface area (Å²) in [5.41, 5.74) is 9.87. The van der Waals surface area contributed by atoms with E-state index < -0.39 is 6.04 Å². The molecule has 20 nitrogen and oxygen atoms in total. The fourth-order valence-corrected chi connectivity index (χ4v) is 14.4. The molecule has 6 aliphatic rings. The molecule has 450 valence electrons. The molecular formula is C68H74N16O4. The Morgan fingerprint density at radius 3 is 1.66 bits per heavy atom. The number of likely N-dealkylation sites (tertiary alicyclic amines) is 2. The van der Waals surface area contributed by atoms with Crippen molar-refractivity contribution in [2.24, 2.45) is 0 Å². The smallest absolute Gasteiger partial charge is 0.318 e. The maximum absolute atomic E-state index is 13.3. The lowest BCUT2D eigenvalue weighted by molar-refractivity contribution is -0.129. The zero-order chi connectivity index (χ0) is 61.0. The van der Waals surface area contributed by atoms with Gasteiger partial charge in [-0.3, -0.25) is 14.5 Å². The Labute approximate surface area is 514 Å². The standard InChI is InChI=1S/C68H74N16O4/c1-45-11-5-13-47-14-7-17-59(63(45)47)79-29-22-55-57(41-79)73-68(76-65(55)81-31-33-83(51(39-81)20-26-71)61(85)18-8-24-69)88-44-54-36-50(38-78(54)4)49-35-48-15-6-12-46(2)64(48)60(37-49)80-30-23-56-58(42-80)74-67(87-43-53-16-10-28-77(53)3)75-66(56)82-32-34-84(52(40-82)21-27-72)62(86)19-9-25-70/h5-9,11-15,17-19,35,37,50-54H,10,16,20-23,28-34,36,38-44H2,1-4H3/b18-8+,19-9-/t50?,51-,52-,53-,54-/m0/s1. The van der Waals surface area contributed by atoms with E-state index in [1.165, 1.54) is 62.5 Å². The van der Waals surface area contributed by atoms with Crippen LogP contribution in [-0.4, -0.2) is 168 Å². The number of nitrogens with zero attached hydrogens (tertiary/aromatic N) is 16. The number of piperazine rings is 2. The SMILES string of the molecule is Cc1cccc2cc(C3C[C@@H](COc4nc5c(c(N6CCN(C(=O)/C=C/C#N)[C@@H](CC#N)C6)n4)CCN(c4cccc6cccc(C)c46)C5)N(C)C3)cc(N3CCc4c(nc(OC[C@@H]5CCCN5C)nc4N4CCN(C(=O)/C=C\C#N)[C@@H](CC#N)C4)C3)c12. The number of aromatic nitrogens is 4. The van der Waals surface area contributed by atoms with Gasteiger partial charge in [-0.25, -0.2) is 0 Å². The van der Waals surface area contributed by atoms with Crippen LogP contribution in [0.2, 0.25) is 0 Å². The van der Waals surface area contributed by atoms with Gasteiger partial charge in [-0.2, -0.15) is 41.0 Å². The van der Waals surface area contributed by atoms with Crippen LogP contribution in [0, 0.1) is 59.2 Å². The molecule has 8 heterocycles. The predicted octanol–water partition coefficient (Wildman–Crippen LogP) is 7.68. The second kappa shape index (κ2) is 25.9. The van der Waals surface area contributed by atoms with Crippen LogP contribution in [0.3, 0.4) is 0 Å². The van der Waals surface area contributed by atoms with Gasteiger partial charge < -0.3 is 43.8 Å². The molecule has 0 spiro atoms. The number of aryl methyl sites for hydroxylation is 2. The lowest BCUT2D eigenvalue weighted by Crippen LogP contribution is -2.55. The Balaban J connectivity index is 0.815. The number of benzene rings is 4. The van der Waals surface area contributed by atoms with E-state index in [9.17, 15) is 25.4 Å². The molecule has 0 N–H and O–H groups in total. The van der Waals surface area contributed by atoms with Gasteiger partial charge in [0.15, 0.2) is 0 Å². The van der Waals surface area contributed by atoms with Crippen molar-refractivity contribution in [3.63, 3.8) is 0 Å². The lowest BCUT2D eigenvalue weighted by atomic mass is 9.91. The molecule has 20 heteroatoms. The largest absolute Gasteiger partial charge is 0.462 e. The van der Waals surface area contributed by atoms with E-state index in [4.69, 9.17) is 34.7 Å². The van der Waals surface area contributed by atoms with E-state index >= 15 is 0 Å². The second-order valence-corrected chi connectivity index (χ2v) is 24.4. The highest BCUT2D eigenvalue weighted by atomic mass is 16.5. The number of carbonyl (C=O) groups excluding carboxylic acids is 2. The van der Waals surface area contributed by atoms with Crippen LogP contribution in [0.25, 0.3) is 21.5 Å². The van der Waals surface area contributed by atoms with E-state index in [-0.39, 0.29) is 48.7 Å². The number of likely N-dealkylation sites (N-methyl/N-ethyl adjacent to an activating group) is 2. The second-order valence-electron chi connectivity index (χ2n) is 24.4. The minimum Gasteiger partial charge on any atom is -0.462 e. The van der Waals surface area contributed by atoms with Gasteiger partial charge in [0.2, 0.25) is 11.8 Å². The van der Waals surface area contributed by atoms with Crippen molar-refractivity contribution in [2.75, 3.05) is 112 Å². The van der Waals surface area contributed by atoms with Crippen LogP contribution >= 0.6 is 0 Å². The summed E-state index contributed by atoms with van der Waals surface area (Å²) in [6.45, 7) is 12.2. The number of hydrogen-bond acceptors (Lipinski definition) is 18. The highest BCUT2D eigenvalue weighted by Gasteiger charge is 2.38. The average molecular weight is 1180 g/mol. The van der Waals surface area contributed by atoms with E-state index in [1.807, 2.05) is 12.1 Å². The summed E-state index contributed by atoms with van der Waals surface area (Å²) < 4.78 is 13.3. The van der Waals surface area contributed by atoms with Crippen molar-refractivity contribution < 1.29 is 19.1 Å². The van der Waals surface area contributed by atoms with Crippen molar-refractivity contribution in [3.05, 3.63) is 130 Å².